The first-order valence-electron chi connectivity index (χ1n) is 22.1. The van der Waals surface area contributed by atoms with Crippen LogP contribution >= 0.6 is 0 Å². The van der Waals surface area contributed by atoms with Crippen molar-refractivity contribution in [3.8, 4) is 0 Å². The van der Waals surface area contributed by atoms with Gasteiger partial charge >= 0.3 is 11.9 Å². The number of carbonyl (C=O) groups excluding carboxylic acids is 8. The Morgan fingerprint density at radius 1 is 0.676 bits per heavy atom. The molecule has 68 heavy (non-hydrogen) atoms. The molecule has 0 aliphatic heterocycles. The zero-order valence-corrected chi connectivity index (χ0v) is 39.3. The predicted octanol–water partition coefficient (Wildman–Crippen LogP) is 1.27. The van der Waals surface area contributed by atoms with Crippen molar-refractivity contribution in [1.29, 1.82) is 0 Å². The molecule has 0 spiro atoms. The third-order valence-electron chi connectivity index (χ3n) is 10.6. The number of nitrogens with zero attached hydrogens (tertiary/aromatic N) is 1. The van der Waals surface area contributed by atoms with Crippen LogP contribution in [0.2, 0.25) is 0 Å². The van der Waals surface area contributed by atoms with E-state index in [0.717, 1.165) is 12.1 Å². The van der Waals surface area contributed by atoms with Crippen LogP contribution in [0.25, 0.3) is 0 Å². The number of hydrogen-bond acceptors (Lipinski definition) is 12. The number of nitro groups is 1. The van der Waals surface area contributed by atoms with Crippen LogP contribution in [0.1, 0.15) is 103 Å². The highest BCUT2D eigenvalue weighted by Gasteiger charge is 2.39. The number of aliphatic carboxylic acids is 2. The summed E-state index contributed by atoms with van der Waals surface area (Å²) >= 11 is 0. The third-order valence-corrected chi connectivity index (χ3v) is 10.6. The highest BCUT2D eigenvalue weighted by molar-refractivity contribution is 6.37. The second kappa shape index (κ2) is 26.8. The predicted molar refractivity (Wildman–Crippen MR) is 245 cm³/mol. The van der Waals surface area contributed by atoms with Crippen LogP contribution in [0.5, 0.6) is 0 Å². The summed E-state index contributed by atoms with van der Waals surface area (Å²) in [5.74, 6) is -10.9. The van der Waals surface area contributed by atoms with E-state index in [0.29, 0.717) is 24.0 Å². The average molecular weight is 953 g/mol. The van der Waals surface area contributed by atoms with Gasteiger partial charge in [-0.25, -0.2) is 0 Å². The topological polar surface area (TPSA) is 352 Å². The van der Waals surface area contributed by atoms with E-state index < -0.39 is 125 Å². The summed E-state index contributed by atoms with van der Waals surface area (Å²) in [4.78, 5) is 141. The summed E-state index contributed by atoms with van der Waals surface area (Å²) in [7, 11) is 0. The minimum absolute atomic E-state index is 0.0841. The number of nitro benzene ring substituents is 1. The van der Waals surface area contributed by atoms with Crippen LogP contribution in [-0.2, 0) is 60.8 Å². The fraction of sp³-hybridized carbons (Fsp3) is 0.522. The molecule has 0 bridgehead atoms. The molecule has 10 N–H and O–H groups in total. The van der Waals surface area contributed by atoms with Gasteiger partial charge in [0.2, 0.25) is 41.2 Å². The van der Waals surface area contributed by atoms with E-state index in [2.05, 4.69) is 31.9 Å². The van der Waals surface area contributed by atoms with Crippen molar-refractivity contribution in [2.45, 2.75) is 143 Å². The number of carbonyl (C=O) groups is 10. The smallest absolute Gasteiger partial charge is 0.305 e. The average Bonchev–Trinajstić information content (AvgIpc) is 3.24. The summed E-state index contributed by atoms with van der Waals surface area (Å²) in [6.07, 6.45) is -1.43. The van der Waals surface area contributed by atoms with Crippen LogP contribution in [-0.4, -0.2) is 110 Å². The Labute approximate surface area is 393 Å². The normalized spacial score (nSPS) is 13.8. The lowest BCUT2D eigenvalue weighted by atomic mass is 9.85. The molecule has 372 valence electrons. The van der Waals surface area contributed by atoms with Crippen molar-refractivity contribution >= 4 is 64.8 Å². The molecule has 22 heteroatoms. The molecule has 0 fully saturated rings. The van der Waals surface area contributed by atoms with E-state index in [1.165, 1.54) is 12.1 Å². The van der Waals surface area contributed by atoms with E-state index in [4.69, 9.17) is 10.8 Å². The standard InChI is InChI=1S/C46H64N8O14/c1-8-9-14-30(38(60)40(47)61)49-41(62)31(21-25(2)3)52-45(66)39(46(5,6)7)53-44(65)33(23-28-13-11-10-12-26(28)4)51-42(63)32(22-27-15-17-29(18-16-27)54(67)68)50-43(64)34(24-37(58)59)48-35(55)19-20-36(56)57/h10-13,15-18,25,30-34,39H,8-9,14,19-24H2,1-7H3,(H2,47,61)(H,48,55)(H,49,62)(H,50,64)(H,51,63)(H,52,66)(H,53,65)(H,56,57)(H,58,59)/t30-,31-,32+,33-,34+,39+/m0/s1. The zero-order chi connectivity index (χ0) is 51.5. The lowest BCUT2D eigenvalue weighted by Gasteiger charge is -2.34. The van der Waals surface area contributed by atoms with Gasteiger partial charge in [-0.15, -0.1) is 0 Å². The van der Waals surface area contributed by atoms with Crippen molar-refractivity contribution in [2.24, 2.45) is 17.1 Å². The van der Waals surface area contributed by atoms with Gasteiger partial charge in [-0.1, -0.05) is 90.8 Å². The third kappa shape index (κ3) is 19.3. The highest BCUT2D eigenvalue weighted by atomic mass is 16.6. The molecule has 0 unspecified atom stereocenters. The van der Waals surface area contributed by atoms with E-state index in [1.807, 2.05) is 6.92 Å². The Bertz CT molecular complexity index is 2170. The van der Waals surface area contributed by atoms with Gasteiger partial charge in [0.1, 0.15) is 30.2 Å². The maximum absolute atomic E-state index is 14.5. The summed E-state index contributed by atoms with van der Waals surface area (Å²) < 4.78 is 0. The molecule has 0 saturated heterocycles. The number of nitrogens with two attached hydrogens (primary N) is 1. The maximum Gasteiger partial charge on any atom is 0.305 e. The van der Waals surface area contributed by atoms with Crippen molar-refractivity contribution in [1.82, 2.24) is 31.9 Å². The number of unbranched alkanes of at least 4 members (excludes halogenated alkanes) is 1. The van der Waals surface area contributed by atoms with Crippen LogP contribution in [0, 0.1) is 28.4 Å². The fourth-order valence-corrected chi connectivity index (χ4v) is 6.88. The Hall–Kier alpha value is -7.26. The second-order valence-corrected chi connectivity index (χ2v) is 17.9. The first-order valence-corrected chi connectivity index (χ1v) is 22.1. The van der Waals surface area contributed by atoms with Crippen molar-refractivity contribution < 1.29 is 63.1 Å². The molecule has 2 aromatic rings. The van der Waals surface area contributed by atoms with Gasteiger partial charge in [-0.2, -0.15) is 0 Å². The van der Waals surface area contributed by atoms with Crippen LogP contribution in [0.4, 0.5) is 5.69 Å². The Morgan fingerprint density at radius 3 is 1.72 bits per heavy atom. The number of aryl methyl sites for hydroxylation is 1. The molecule has 2 aromatic carbocycles. The number of Topliss-reactive ketones (excluding diaryl/α,β-unsaturated/α-hetero) is 1. The minimum atomic E-state index is -1.80. The van der Waals surface area contributed by atoms with E-state index in [-0.39, 0.29) is 42.9 Å². The number of non-ortho nitro benzene ring substituents is 1. The van der Waals surface area contributed by atoms with Gasteiger partial charge in [-0.3, -0.25) is 58.1 Å². The van der Waals surface area contributed by atoms with Gasteiger partial charge in [0, 0.05) is 31.4 Å². The van der Waals surface area contributed by atoms with Gasteiger partial charge in [0.05, 0.1) is 23.8 Å². The molecule has 0 aliphatic rings. The molecule has 6 atom stereocenters. The number of amides is 7. The molecular weight excluding hydrogens is 889 g/mol. The van der Waals surface area contributed by atoms with Gasteiger partial charge in [-0.05, 0) is 47.8 Å². The Kier molecular flexibility index (Phi) is 22.4. The quantitative estimate of drug-likeness (QED) is 0.0330. The monoisotopic (exact) mass is 952 g/mol. The Balaban J connectivity index is 2.60. The largest absolute Gasteiger partial charge is 0.481 e. The van der Waals surface area contributed by atoms with Crippen LogP contribution in [0.3, 0.4) is 0 Å². The minimum Gasteiger partial charge on any atom is -0.481 e. The van der Waals surface area contributed by atoms with Gasteiger partial charge in [0.25, 0.3) is 11.6 Å². The molecular formula is C46H64N8O14. The molecule has 0 aromatic heterocycles. The second-order valence-electron chi connectivity index (χ2n) is 17.9. The summed E-state index contributed by atoms with van der Waals surface area (Å²) in [6, 6.07) is 3.02. The zero-order valence-electron chi connectivity index (χ0n) is 39.3. The first kappa shape index (κ1) is 56.9. The summed E-state index contributed by atoms with van der Waals surface area (Å²) in [5, 5.41) is 45.1. The molecule has 0 heterocycles. The number of rotatable bonds is 28. The Morgan fingerprint density at radius 2 is 1.21 bits per heavy atom. The van der Waals surface area contributed by atoms with Gasteiger partial charge < -0.3 is 47.8 Å². The molecule has 2 rings (SSSR count). The highest BCUT2D eigenvalue weighted by Crippen LogP contribution is 2.22. The number of hydrogen-bond donors (Lipinski definition) is 9. The molecule has 22 nitrogen and oxygen atoms in total. The molecule has 0 saturated carbocycles. The number of nitrogens with one attached hydrogen (secondary N) is 6. The molecule has 0 aliphatic carbocycles. The lowest BCUT2D eigenvalue weighted by molar-refractivity contribution is -0.384. The maximum atomic E-state index is 14.5. The SMILES string of the molecule is CCCC[C@H](NC(=O)[C@H](CC(C)C)NC(=O)[C@@H](NC(=O)[C@H](Cc1ccccc1C)NC(=O)[C@@H](Cc1ccc([N+](=O)[O-])cc1)NC(=O)[C@@H](CC(=O)O)NC(=O)CCC(=O)O)C(C)(C)C)C(=O)C(N)=O. The van der Waals surface area contributed by atoms with E-state index >= 15 is 0 Å². The fourth-order valence-electron chi connectivity index (χ4n) is 6.88. The van der Waals surface area contributed by atoms with E-state index in [9.17, 15) is 63.2 Å². The number of benzene rings is 2. The van der Waals surface area contributed by atoms with Crippen LogP contribution in [0.15, 0.2) is 48.5 Å². The number of ketones is 1. The summed E-state index contributed by atoms with van der Waals surface area (Å²) in [5.41, 5.74) is 5.48. The number of carboxylic acid groups (broad SMARTS) is 2. The van der Waals surface area contributed by atoms with Crippen molar-refractivity contribution in [3.63, 3.8) is 0 Å². The van der Waals surface area contributed by atoms with E-state index in [1.54, 1.807) is 65.8 Å². The molecule has 7 amide bonds. The first-order chi connectivity index (χ1) is 31.7. The molecule has 0 radical (unpaired) electrons. The number of carboxylic acids is 2. The van der Waals surface area contributed by atoms with Crippen LogP contribution < -0.4 is 37.6 Å². The lowest BCUT2D eigenvalue weighted by Crippen LogP contribution is -2.62. The number of primary amides is 1. The summed E-state index contributed by atoms with van der Waals surface area (Å²) in [6.45, 7) is 12.1. The van der Waals surface area contributed by atoms with Crippen molar-refractivity contribution in [3.05, 3.63) is 75.3 Å². The van der Waals surface area contributed by atoms with Gasteiger partial charge in [0.15, 0.2) is 0 Å². The van der Waals surface area contributed by atoms with Crippen molar-refractivity contribution in [2.75, 3.05) is 0 Å².